The lowest BCUT2D eigenvalue weighted by Crippen LogP contribution is -2.54. The predicted octanol–water partition coefficient (Wildman–Crippen LogP) is 3.03. The number of hydrogen-bond donors (Lipinski definition) is 1. The van der Waals surface area contributed by atoms with E-state index in [1.165, 1.54) is 0 Å². The van der Waals surface area contributed by atoms with Gasteiger partial charge >= 0.3 is 0 Å². The first-order chi connectivity index (χ1) is 9.58. The van der Waals surface area contributed by atoms with Gasteiger partial charge in [-0.15, -0.1) is 0 Å². The van der Waals surface area contributed by atoms with Crippen molar-refractivity contribution in [2.24, 2.45) is 5.92 Å². The highest BCUT2D eigenvalue weighted by molar-refractivity contribution is 6.05. The molecule has 0 saturated carbocycles. The van der Waals surface area contributed by atoms with Crippen LogP contribution in [0.4, 0.5) is 11.4 Å². The maximum atomic E-state index is 12.4. The van der Waals surface area contributed by atoms with Crippen molar-refractivity contribution in [1.29, 1.82) is 0 Å². The van der Waals surface area contributed by atoms with Crippen molar-refractivity contribution in [3.05, 3.63) is 18.2 Å². The second-order valence-electron chi connectivity index (χ2n) is 6.06. The Morgan fingerprint density at radius 3 is 2.95 bits per heavy atom. The topological polar surface area (TPSA) is 41.6 Å². The molecule has 3 rings (SSSR count). The second kappa shape index (κ2) is 5.00. The van der Waals surface area contributed by atoms with Crippen LogP contribution in [0.25, 0.3) is 0 Å². The first-order valence-corrected chi connectivity index (χ1v) is 7.45. The summed E-state index contributed by atoms with van der Waals surface area (Å²) in [5.74, 6) is 1.26. The average Bonchev–Trinajstić information content (AvgIpc) is 2.39. The van der Waals surface area contributed by atoms with E-state index in [0.29, 0.717) is 5.92 Å². The zero-order chi connectivity index (χ0) is 14.3. The number of carbonyl (C=O) groups is 1. The Morgan fingerprint density at radius 2 is 2.20 bits per heavy atom. The number of ether oxygens (including phenoxy) is 1. The third-order valence-electron chi connectivity index (χ3n) is 4.13. The number of nitrogens with one attached hydrogen (secondary N) is 1. The second-order valence-corrected chi connectivity index (χ2v) is 6.06. The van der Waals surface area contributed by atoms with Crippen LogP contribution < -0.4 is 15.0 Å². The Bertz CT molecular complexity index is 527. The molecule has 20 heavy (non-hydrogen) atoms. The maximum absolute atomic E-state index is 12.4. The molecule has 108 valence electrons. The van der Waals surface area contributed by atoms with Gasteiger partial charge in [0.05, 0.1) is 11.8 Å². The van der Waals surface area contributed by atoms with Gasteiger partial charge in [-0.05, 0) is 44.7 Å². The SMILES string of the molecule is CC(C)Oc1cccc2c1NC(=O)C1C(C)CCCN21. The maximum Gasteiger partial charge on any atom is 0.247 e. The highest BCUT2D eigenvalue weighted by atomic mass is 16.5. The highest BCUT2D eigenvalue weighted by Crippen LogP contribution is 2.42. The van der Waals surface area contributed by atoms with Crippen molar-refractivity contribution in [2.45, 2.75) is 45.8 Å². The number of anilines is 2. The fourth-order valence-corrected chi connectivity index (χ4v) is 3.29. The van der Waals surface area contributed by atoms with Crippen LogP contribution in [0.15, 0.2) is 18.2 Å². The van der Waals surface area contributed by atoms with E-state index >= 15 is 0 Å². The molecule has 1 aromatic rings. The first kappa shape index (κ1) is 13.3. The van der Waals surface area contributed by atoms with Gasteiger partial charge in [-0.2, -0.15) is 0 Å². The number of amides is 1. The Morgan fingerprint density at radius 1 is 1.40 bits per heavy atom. The molecule has 1 amide bonds. The Labute approximate surface area is 120 Å². The van der Waals surface area contributed by atoms with E-state index in [1.807, 2.05) is 26.0 Å². The molecule has 2 aliphatic heterocycles. The van der Waals surface area contributed by atoms with E-state index < -0.39 is 0 Å². The molecule has 2 unspecified atom stereocenters. The minimum atomic E-state index is -0.0365. The molecule has 2 atom stereocenters. The normalized spacial score (nSPS) is 25.0. The molecule has 0 spiro atoms. The molecular weight excluding hydrogens is 252 g/mol. The van der Waals surface area contributed by atoms with Crippen LogP contribution in [0.3, 0.4) is 0 Å². The fraction of sp³-hybridized carbons (Fsp3) is 0.562. The molecule has 1 saturated heterocycles. The first-order valence-electron chi connectivity index (χ1n) is 7.45. The molecule has 2 heterocycles. The van der Waals surface area contributed by atoms with Crippen molar-refractivity contribution in [2.75, 3.05) is 16.8 Å². The molecule has 1 aromatic carbocycles. The number of piperidine rings is 1. The van der Waals surface area contributed by atoms with Gasteiger partial charge in [-0.3, -0.25) is 4.79 Å². The van der Waals surface area contributed by atoms with Crippen molar-refractivity contribution in [3.8, 4) is 5.75 Å². The molecule has 1 fully saturated rings. The standard InChI is InChI=1S/C16H22N2O2/c1-10(2)20-13-8-4-7-12-14(13)17-16(19)15-11(3)6-5-9-18(12)15/h4,7-8,10-11,15H,5-6,9H2,1-3H3,(H,17,19). The third-order valence-corrected chi connectivity index (χ3v) is 4.13. The zero-order valence-electron chi connectivity index (χ0n) is 12.3. The summed E-state index contributed by atoms with van der Waals surface area (Å²) in [7, 11) is 0. The van der Waals surface area contributed by atoms with E-state index in [0.717, 1.165) is 36.5 Å². The van der Waals surface area contributed by atoms with Gasteiger partial charge in [-0.25, -0.2) is 0 Å². The number of para-hydroxylation sites is 1. The number of carbonyl (C=O) groups excluding carboxylic acids is 1. The molecule has 0 aromatic heterocycles. The van der Waals surface area contributed by atoms with Crippen LogP contribution >= 0.6 is 0 Å². The molecule has 0 aliphatic carbocycles. The van der Waals surface area contributed by atoms with Crippen LogP contribution in [0.1, 0.15) is 33.6 Å². The summed E-state index contributed by atoms with van der Waals surface area (Å²) in [6.07, 6.45) is 2.35. The van der Waals surface area contributed by atoms with Crippen molar-refractivity contribution in [3.63, 3.8) is 0 Å². The third kappa shape index (κ3) is 2.13. The van der Waals surface area contributed by atoms with Gasteiger partial charge in [-0.1, -0.05) is 13.0 Å². The lowest BCUT2D eigenvalue weighted by Gasteiger charge is -2.44. The summed E-state index contributed by atoms with van der Waals surface area (Å²) >= 11 is 0. The van der Waals surface area contributed by atoms with Gasteiger partial charge in [0.25, 0.3) is 0 Å². The molecule has 4 heteroatoms. The van der Waals surface area contributed by atoms with E-state index in [-0.39, 0.29) is 18.1 Å². The van der Waals surface area contributed by atoms with E-state index in [9.17, 15) is 4.79 Å². The van der Waals surface area contributed by atoms with Crippen molar-refractivity contribution in [1.82, 2.24) is 0 Å². The predicted molar refractivity (Wildman–Crippen MR) is 80.4 cm³/mol. The van der Waals surface area contributed by atoms with Crippen LogP contribution in [-0.2, 0) is 4.79 Å². The number of nitrogens with zero attached hydrogens (tertiary/aromatic N) is 1. The Balaban J connectivity index is 2.02. The smallest absolute Gasteiger partial charge is 0.247 e. The molecule has 2 aliphatic rings. The summed E-state index contributed by atoms with van der Waals surface area (Å²) < 4.78 is 5.83. The Kier molecular flexibility index (Phi) is 3.32. The van der Waals surface area contributed by atoms with Crippen LogP contribution in [-0.4, -0.2) is 24.6 Å². The van der Waals surface area contributed by atoms with E-state index in [4.69, 9.17) is 4.74 Å². The van der Waals surface area contributed by atoms with Gasteiger partial charge in [0.1, 0.15) is 17.5 Å². The van der Waals surface area contributed by atoms with Gasteiger partial charge in [0.2, 0.25) is 5.91 Å². The number of benzene rings is 1. The van der Waals surface area contributed by atoms with E-state index in [1.54, 1.807) is 0 Å². The van der Waals surface area contributed by atoms with Gasteiger partial charge in [0, 0.05) is 6.54 Å². The molecule has 0 bridgehead atoms. The fourth-order valence-electron chi connectivity index (χ4n) is 3.29. The number of hydrogen-bond acceptors (Lipinski definition) is 3. The average molecular weight is 274 g/mol. The quantitative estimate of drug-likeness (QED) is 0.901. The molecule has 4 nitrogen and oxygen atoms in total. The van der Waals surface area contributed by atoms with Crippen molar-refractivity contribution >= 4 is 17.3 Å². The lowest BCUT2D eigenvalue weighted by atomic mass is 9.88. The monoisotopic (exact) mass is 274 g/mol. The summed E-state index contributed by atoms with van der Waals surface area (Å²) in [6, 6.07) is 5.97. The van der Waals surface area contributed by atoms with Gasteiger partial charge < -0.3 is 15.0 Å². The number of rotatable bonds is 2. The molecular formula is C16H22N2O2. The van der Waals surface area contributed by atoms with Crippen LogP contribution in [0.2, 0.25) is 0 Å². The molecule has 1 N–H and O–H groups in total. The Hall–Kier alpha value is -1.71. The highest BCUT2D eigenvalue weighted by Gasteiger charge is 2.39. The summed E-state index contributed by atoms with van der Waals surface area (Å²) in [5.41, 5.74) is 1.93. The lowest BCUT2D eigenvalue weighted by molar-refractivity contribution is -0.119. The minimum absolute atomic E-state index is 0.0365. The van der Waals surface area contributed by atoms with Crippen LogP contribution in [0.5, 0.6) is 5.75 Å². The van der Waals surface area contributed by atoms with Crippen molar-refractivity contribution < 1.29 is 9.53 Å². The largest absolute Gasteiger partial charge is 0.489 e. The molecule has 0 radical (unpaired) electrons. The summed E-state index contributed by atoms with van der Waals surface area (Å²) in [4.78, 5) is 14.7. The van der Waals surface area contributed by atoms with Gasteiger partial charge in [0.15, 0.2) is 0 Å². The summed E-state index contributed by atoms with van der Waals surface area (Å²) in [5, 5.41) is 3.06. The summed E-state index contributed by atoms with van der Waals surface area (Å²) in [6.45, 7) is 7.10. The number of fused-ring (bicyclic) bond motifs is 3. The zero-order valence-corrected chi connectivity index (χ0v) is 12.3. The van der Waals surface area contributed by atoms with E-state index in [2.05, 4.69) is 23.2 Å². The minimum Gasteiger partial charge on any atom is -0.489 e. The van der Waals surface area contributed by atoms with Crippen LogP contribution in [0, 0.1) is 5.92 Å².